The maximum Gasteiger partial charge on any atom is 0.215 e. The van der Waals surface area contributed by atoms with E-state index in [1.165, 1.54) is 0 Å². The van der Waals surface area contributed by atoms with Crippen molar-refractivity contribution in [3.63, 3.8) is 0 Å². The lowest BCUT2D eigenvalue weighted by atomic mass is 10.5. The molecule has 0 bridgehead atoms. The molecule has 5 heteroatoms. The van der Waals surface area contributed by atoms with E-state index in [9.17, 15) is 4.39 Å². The van der Waals surface area contributed by atoms with Crippen LogP contribution in [0.25, 0.3) is 0 Å². The second kappa shape index (κ2) is 3.00. The summed E-state index contributed by atoms with van der Waals surface area (Å²) in [5.74, 6) is -0.629. The summed E-state index contributed by atoms with van der Waals surface area (Å²) in [4.78, 5) is 3.33. The fraction of sp³-hybridized carbons (Fsp3) is 0. The number of hydrogen-bond acceptors (Lipinski definition) is 2. The lowest BCUT2D eigenvalue weighted by Gasteiger charge is -1.97. The van der Waals surface area contributed by atoms with Crippen LogP contribution in [0.15, 0.2) is 10.7 Å². The first kappa shape index (κ1) is 8.19. The second-order valence-electron chi connectivity index (χ2n) is 1.57. The zero-order valence-corrected chi connectivity index (χ0v) is 8.35. The van der Waals surface area contributed by atoms with Crippen molar-refractivity contribution in [3.05, 3.63) is 20.2 Å². The van der Waals surface area contributed by atoms with E-state index in [1.54, 1.807) is 0 Å². The fourth-order valence-electron chi connectivity index (χ4n) is 0.450. The van der Waals surface area contributed by atoms with Gasteiger partial charge in [0.25, 0.3) is 0 Å². The van der Waals surface area contributed by atoms with Crippen LogP contribution < -0.4 is 0 Å². The average molecular weight is 318 g/mol. The van der Waals surface area contributed by atoms with Crippen molar-refractivity contribution >= 4 is 38.5 Å². The Morgan fingerprint density at radius 3 is 2.80 bits per heavy atom. The SMILES string of the molecule is Oc1c(I)cc(F)nc1Br. The standard InChI is InChI=1S/C5H2BrFINO/c6-5-4(10)2(8)1-3(7)9-5/h1,10H. The molecule has 10 heavy (non-hydrogen) atoms. The summed E-state index contributed by atoms with van der Waals surface area (Å²) in [5.41, 5.74) is 0. The quantitative estimate of drug-likeness (QED) is 0.588. The van der Waals surface area contributed by atoms with E-state index in [4.69, 9.17) is 5.11 Å². The molecule has 0 atom stereocenters. The molecule has 1 rings (SSSR count). The van der Waals surface area contributed by atoms with Crippen molar-refractivity contribution in [3.8, 4) is 5.75 Å². The van der Waals surface area contributed by atoms with Gasteiger partial charge in [0, 0.05) is 6.07 Å². The van der Waals surface area contributed by atoms with Crippen LogP contribution in [0.2, 0.25) is 0 Å². The van der Waals surface area contributed by atoms with Crippen LogP contribution in [0.5, 0.6) is 5.75 Å². The van der Waals surface area contributed by atoms with E-state index in [1.807, 2.05) is 22.6 Å². The van der Waals surface area contributed by atoms with Gasteiger partial charge in [0.05, 0.1) is 3.57 Å². The number of nitrogens with zero attached hydrogens (tertiary/aromatic N) is 1. The third kappa shape index (κ3) is 1.57. The molecule has 2 nitrogen and oxygen atoms in total. The van der Waals surface area contributed by atoms with Crippen LogP contribution in [-0.2, 0) is 0 Å². The van der Waals surface area contributed by atoms with Crippen molar-refractivity contribution < 1.29 is 9.50 Å². The summed E-state index contributed by atoms with van der Waals surface area (Å²) in [7, 11) is 0. The number of pyridine rings is 1. The van der Waals surface area contributed by atoms with Crippen molar-refractivity contribution in [2.45, 2.75) is 0 Å². The highest BCUT2D eigenvalue weighted by Crippen LogP contribution is 2.26. The second-order valence-corrected chi connectivity index (χ2v) is 3.48. The third-order valence-electron chi connectivity index (χ3n) is 0.872. The van der Waals surface area contributed by atoms with Gasteiger partial charge in [0.15, 0.2) is 10.4 Å². The predicted octanol–water partition coefficient (Wildman–Crippen LogP) is 2.29. The lowest BCUT2D eigenvalue weighted by Crippen LogP contribution is -1.86. The van der Waals surface area contributed by atoms with Crippen molar-refractivity contribution in [1.29, 1.82) is 0 Å². The van der Waals surface area contributed by atoms with E-state index in [0.717, 1.165) is 6.07 Å². The first-order chi connectivity index (χ1) is 4.61. The molecule has 1 N–H and O–H groups in total. The molecule has 0 unspecified atom stereocenters. The van der Waals surface area contributed by atoms with E-state index in [0.29, 0.717) is 3.57 Å². The lowest BCUT2D eigenvalue weighted by molar-refractivity contribution is 0.457. The molecule has 0 radical (unpaired) electrons. The minimum Gasteiger partial charge on any atom is -0.504 e. The molecule has 0 spiro atoms. The van der Waals surface area contributed by atoms with Gasteiger partial charge >= 0.3 is 0 Å². The molecule has 1 aromatic heterocycles. The Morgan fingerprint density at radius 1 is 1.70 bits per heavy atom. The highest BCUT2D eigenvalue weighted by molar-refractivity contribution is 14.1. The number of halogens is 3. The topological polar surface area (TPSA) is 33.1 Å². The Balaban J connectivity index is 3.31. The van der Waals surface area contributed by atoms with Crippen LogP contribution in [0.3, 0.4) is 0 Å². The summed E-state index contributed by atoms with van der Waals surface area (Å²) in [6.45, 7) is 0. The molecule has 0 amide bonds. The summed E-state index contributed by atoms with van der Waals surface area (Å²) < 4.78 is 12.9. The van der Waals surface area contributed by atoms with E-state index in [2.05, 4.69) is 20.9 Å². The molecule has 1 heterocycles. The zero-order chi connectivity index (χ0) is 7.72. The van der Waals surface area contributed by atoms with Gasteiger partial charge in [-0.2, -0.15) is 4.39 Å². The molecule has 0 fully saturated rings. The fourth-order valence-corrected chi connectivity index (χ4v) is 1.72. The van der Waals surface area contributed by atoms with Crippen LogP contribution in [0.1, 0.15) is 0 Å². The number of hydrogen-bond donors (Lipinski definition) is 1. The van der Waals surface area contributed by atoms with Crippen LogP contribution >= 0.6 is 38.5 Å². The van der Waals surface area contributed by atoms with E-state index in [-0.39, 0.29) is 10.4 Å². The Hall–Kier alpha value is 0.0900. The summed E-state index contributed by atoms with van der Waals surface area (Å²) in [5, 5.41) is 9.05. The third-order valence-corrected chi connectivity index (χ3v) is 2.25. The summed E-state index contributed by atoms with van der Waals surface area (Å²) >= 11 is 4.71. The van der Waals surface area contributed by atoms with Crippen molar-refractivity contribution in [2.75, 3.05) is 0 Å². The minimum absolute atomic E-state index is 0.0259. The molecule has 0 saturated heterocycles. The monoisotopic (exact) mass is 317 g/mol. The molecule has 0 saturated carbocycles. The minimum atomic E-state index is -0.603. The largest absolute Gasteiger partial charge is 0.504 e. The molecular weight excluding hydrogens is 316 g/mol. The molecule has 54 valence electrons. The number of rotatable bonds is 0. The molecule has 1 aromatic rings. The first-order valence-electron chi connectivity index (χ1n) is 2.32. The maximum absolute atomic E-state index is 12.4. The first-order valence-corrected chi connectivity index (χ1v) is 4.19. The molecule has 0 aliphatic rings. The number of aromatic nitrogens is 1. The molecule has 0 aliphatic heterocycles. The van der Waals surface area contributed by atoms with Crippen LogP contribution in [0, 0.1) is 9.52 Å². The molecule has 0 aromatic carbocycles. The van der Waals surface area contributed by atoms with Gasteiger partial charge in [-0.1, -0.05) is 0 Å². The Labute approximate surface area is 78.7 Å². The highest BCUT2D eigenvalue weighted by Gasteiger charge is 2.05. The predicted molar refractivity (Wildman–Crippen MR) is 46.3 cm³/mol. The smallest absolute Gasteiger partial charge is 0.215 e. The molecular formula is C5H2BrFINO. The Bertz CT molecular complexity index is 245. The van der Waals surface area contributed by atoms with Gasteiger partial charge < -0.3 is 5.11 Å². The van der Waals surface area contributed by atoms with E-state index >= 15 is 0 Å². The normalized spacial score (nSPS) is 9.90. The van der Waals surface area contributed by atoms with Gasteiger partial charge in [-0.25, -0.2) is 4.98 Å². The van der Waals surface area contributed by atoms with Gasteiger partial charge in [-0.15, -0.1) is 0 Å². The Morgan fingerprint density at radius 2 is 2.30 bits per heavy atom. The summed E-state index contributed by atoms with van der Waals surface area (Å²) in [6, 6.07) is 1.15. The molecule has 0 aliphatic carbocycles. The van der Waals surface area contributed by atoms with Gasteiger partial charge in [0.2, 0.25) is 5.95 Å². The van der Waals surface area contributed by atoms with E-state index < -0.39 is 5.95 Å². The number of aromatic hydroxyl groups is 1. The van der Waals surface area contributed by atoms with Crippen molar-refractivity contribution in [2.24, 2.45) is 0 Å². The van der Waals surface area contributed by atoms with Crippen LogP contribution in [0.4, 0.5) is 4.39 Å². The van der Waals surface area contributed by atoms with Gasteiger partial charge in [-0.3, -0.25) is 0 Å². The summed E-state index contributed by atoms with van der Waals surface area (Å²) in [6.07, 6.45) is 0. The average Bonchev–Trinajstić information content (AvgIpc) is 1.82. The zero-order valence-electron chi connectivity index (χ0n) is 4.61. The van der Waals surface area contributed by atoms with Crippen molar-refractivity contribution in [1.82, 2.24) is 4.98 Å². The highest BCUT2D eigenvalue weighted by atomic mass is 127. The van der Waals surface area contributed by atoms with Gasteiger partial charge in [-0.05, 0) is 38.5 Å². The maximum atomic E-state index is 12.4. The van der Waals surface area contributed by atoms with Crippen LogP contribution in [-0.4, -0.2) is 10.1 Å². The Kier molecular flexibility index (Phi) is 2.45. The van der Waals surface area contributed by atoms with Gasteiger partial charge in [0.1, 0.15) is 0 Å².